The van der Waals surface area contributed by atoms with E-state index >= 15 is 0 Å². The molecular formula is C56H35N5OS. The minimum atomic E-state index is -0.704. The summed E-state index contributed by atoms with van der Waals surface area (Å²) in [6, 6.07) is 70.7. The first-order valence-electron chi connectivity index (χ1n) is 21.1. The van der Waals surface area contributed by atoms with Gasteiger partial charge < -0.3 is 14.5 Å². The monoisotopic (exact) mass is 825 g/mol. The van der Waals surface area contributed by atoms with E-state index in [-0.39, 0.29) is 0 Å². The van der Waals surface area contributed by atoms with Crippen LogP contribution in [0.1, 0.15) is 22.3 Å². The average Bonchev–Trinajstić information content (AvgIpc) is 3.63. The molecule has 6 nitrogen and oxygen atoms in total. The maximum absolute atomic E-state index is 7.14. The molecule has 3 aromatic heterocycles. The number of aromatic nitrogens is 3. The van der Waals surface area contributed by atoms with Crippen molar-refractivity contribution in [3.8, 4) is 34.1 Å². The molecule has 13 rings (SSSR count). The highest BCUT2D eigenvalue weighted by atomic mass is 32.2. The molecule has 1 aliphatic carbocycles. The van der Waals surface area contributed by atoms with Crippen LogP contribution in [0.3, 0.4) is 0 Å². The van der Waals surface area contributed by atoms with Crippen LogP contribution in [-0.2, 0) is 5.41 Å². The average molecular weight is 826 g/mol. The summed E-state index contributed by atoms with van der Waals surface area (Å²) in [7, 11) is 0. The van der Waals surface area contributed by atoms with Gasteiger partial charge in [0.05, 0.1) is 44.3 Å². The van der Waals surface area contributed by atoms with Gasteiger partial charge in [0, 0.05) is 51.0 Å². The van der Waals surface area contributed by atoms with E-state index < -0.39 is 5.41 Å². The van der Waals surface area contributed by atoms with Crippen molar-refractivity contribution in [2.45, 2.75) is 15.2 Å². The number of benzene rings is 7. The van der Waals surface area contributed by atoms with Gasteiger partial charge in [-0.2, -0.15) is 0 Å². The van der Waals surface area contributed by atoms with Gasteiger partial charge in [-0.15, -0.1) is 0 Å². The predicted octanol–water partition coefficient (Wildman–Crippen LogP) is 14.6. The first-order valence-corrected chi connectivity index (χ1v) is 21.9. The molecule has 0 radical (unpaired) electrons. The van der Waals surface area contributed by atoms with Crippen LogP contribution in [0.4, 0.5) is 34.1 Å². The van der Waals surface area contributed by atoms with Gasteiger partial charge in [-0.3, -0.25) is 9.97 Å². The molecule has 63 heavy (non-hydrogen) atoms. The third-order valence-electron chi connectivity index (χ3n) is 12.6. The molecule has 1 atom stereocenters. The number of fused-ring (bicyclic) bond motifs is 13. The van der Waals surface area contributed by atoms with Crippen molar-refractivity contribution in [2.24, 2.45) is 0 Å². The zero-order valence-corrected chi connectivity index (χ0v) is 34.6. The Morgan fingerprint density at radius 2 is 1.19 bits per heavy atom. The Hall–Kier alpha value is -8.00. The summed E-state index contributed by atoms with van der Waals surface area (Å²) in [5, 5.41) is 1.08. The summed E-state index contributed by atoms with van der Waals surface area (Å²) in [5.74, 6) is 1.62. The third kappa shape index (κ3) is 5.30. The fraction of sp³-hybridized carbons (Fsp3) is 0.0179. The second-order valence-electron chi connectivity index (χ2n) is 15.9. The summed E-state index contributed by atoms with van der Waals surface area (Å²) in [6.45, 7) is 0. The smallest absolute Gasteiger partial charge is 0.165 e. The molecule has 3 aliphatic rings. The molecule has 7 heteroatoms. The standard InChI is InChI=1S/C56H35N5OS/c1-3-17-37(18-4-1)60(38-19-5-2-6-20-38)39-21-12-22-40(35-39)61-47-26-8-9-27-49(47)62-54-48(61)32-30-45-55(54)63-50-28-10-7-24-42(50)56(45)43-25-14-34-58-52(43)53-44(56)29-31-46(59-53)41-23-11-15-36-16-13-33-57-51(36)41/h1-35H. The quantitative estimate of drug-likeness (QED) is 0.171. The first-order chi connectivity index (χ1) is 31.3. The van der Waals surface area contributed by atoms with E-state index in [4.69, 9.17) is 19.7 Å². The normalized spacial score (nSPS) is 15.1. The summed E-state index contributed by atoms with van der Waals surface area (Å²) in [6.07, 6.45) is 3.73. The van der Waals surface area contributed by atoms with Crippen LogP contribution in [0.15, 0.2) is 222 Å². The lowest BCUT2D eigenvalue weighted by molar-refractivity contribution is 0.461. The lowest BCUT2D eigenvalue weighted by Crippen LogP contribution is -2.32. The van der Waals surface area contributed by atoms with E-state index in [0.29, 0.717) is 0 Å². The zero-order chi connectivity index (χ0) is 41.5. The van der Waals surface area contributed by atoms with E-state index in [0.717, 1.165) is 101 Å². The topological polar surface area (TPSA) is 54.4 Å². The van der Waals surface area contributed by atoms with Crippen molar-refractivity contribution >= 4 is 56.8 Å². The Balaban J connectivity index is 1.02. The van der Waals surface area contributed by atoms with Gasteiger partial charge in [0.25, 0.3) is 0 Å². The third-order valence-corrected chi connectivity index (χ3v) is 13.8. The number of hydrogen-bond donors (Lipinski definition) is 0. The summed E-state index contributed by atoms with van der Waals surface area (Å²) in [4.78, 5) is 22.3. The molecular weight excluding hydrogens is 791 g/mol. The molecule has 1 unspecified atom stereocenters. The molecule has 0 saturated heterocycles. The van der Waals surface area contributed by atoms with Gasteiger partial charge in [0.2, 0.25) is 0 Å². The molecule has 0 saturated carbocycles. The molecule has 7 aromatic carbocycles. The van der Waals surface area contributed by atoms with Crippen LogP contribution in [0, 0.1) is 0 Å². The number of ether oxygens (including phenoxy) is 1. The van der Waals surface area contributed by atoms with Crippen LogP contribution < -0.4 is 14.5 Å². The largest absolute Gasteiger partial charge is 0.452 e. The number of pyridine rings is 3. The lowest BCUT2D eigenvalue weighted by Gasteiger charge is -2.42. The fourth-order valence-electron chi connectivity index (χ4n) is 9.99. The fourth-order valence-corrected chi connectivity index (χ4v) is 11.3. The van der Waals surface area contributed by atoms with Crippen molar-refractivity contribution in [1.29, 1.82) is 0 Å². The van der Waals surface area contributed by atoms with Crippen LogP contribution in [0.2, 0.25) is 0 Å². The van der Waals surface area contributed by atoms with Crippen molar-refractivity contribution in [3.63, 3.8) is 0 Å². The zero-order valence-electron chi connectivity index (χ0n) is 33.8. The molecule has 0 fully saturated rings. The highest BCUT2D eigenvalue weighted by Crippen LogP contribution is 2.65. The first kappa shape index (κ1) is 35.7. The molecule has 0 amide bonds. The van der Waals surface area contributed by atoms with Crippen molar-refractivity contribution in [2.75, 3.05) is 9.80 Å². The van der Waals surface area contributed by atoms with Crippen LogP contribution in [0.5, 0.6) is 11.5 Å². The Bertz CT molecular complexity index is 3400. The van der Waals surface area contributed by atoms with E-state index in [1.807, 2.05) is 24.5 Å². The molecule has 10 aromatic rings. The number of hydrogen-bond acceptors (Lipinski definition) is 7. The van der Waals surface area contributed by atoms with Gasteiger partial charge in [-0.25, -0.2) is 4.98 Å². The maximum atomic E-state index is 7.14. The predicted molar refractivity (Wildman–Crippen MR) is 254 cm³/mol. The molecule has 1 spiro atoms. The van der Waals surface area contributed by atoms with Crippen LogP contribution in [0.25, 0.3) is 33.5 Å². The molecule has 5 heterocycles. The second kappa shape index (κ2) is 14.0. The van der Waals surface area contributed by atoms with E-state index in [1.54, 1.807) is 11.8 Å². The van der Waals surface area contributed by atoms with Crippen molar-refractivity contribution < 1.29 is 4.74 Å². The van der Waals surface area contributed by atoms with Gasteiger partial charge in [0.1, 0.15) is 0 Å². The minimum Gasteiger partial charge on any atom is -0.452 e. The molecule has 296 valence electrons. The lowest BCUT2D eigenvalue weighted by atomic mass is 9.67. The SMILES string of the molecule is c1ccc(N(c2ccccc2)c2cccc(N3c4ccccc4Oc4c3ccc3c4Sc4ccccc4C34c3cccnc3-c3nc(-c5cccc6cccnc56)ccc34)c2)cc1. The number of nitrogens with zero attached hydrogens (tertiary/aromatic N) is 5. The molecule has 0 N–H and O–H groups in total. The number of rotatable bonds is 5. The Labute approximate surface area is 368 Å². The van der Waals surface area contributed by atoms with E-state index in [9.17, 15) is 0 Å². The van der Waals surface area contributed by atoms with Crippen LogP contribution >= 0.6 is 11.8 Å². The van der Waals surface area contributed by atoms with Gasteiger partial charge in [-0.05, 0) is 107 Å². The summed E-state index contributed by atoms with van der Waals surface area (Å²) >= 11 is 1.77. The summed E-state index contributed by atoms with van der Waals surface area (Å²) in [5.41, 5.74) is 14.6. The minimum absolute atomic E-state index is 0.704. The van der Waals surface area contributed by atoms with Crippen molar-refractivity contribution in [1.82, 2.24) is 15.0 Å². The van der Waals surface area contributed by atoms with E-state index in [1.165, 1.54) is 10.5 Å². The van der Waals surface area contributed by atoms with Crippen LogP contribution in [-0.4, -0.2) is 15.0 Å². The van der Waals surface area contributed by atoms with Gasteiger partial charge in [0.15, 0.2) is 11.5 Å². The van der Waals surface area contributed by atoms with Gasteiger partial charge in [-0.1, -0.05) is 127 Å². The van der Waals surface area contributed by atoms with Gasteiger partial charge >= 0.3 is 0 Å². The maximum Gasteiger partial charge on any atom is 0.165 e. The summed E-state index contributed by atoms with van der Waals surface area (Å²) < 4.78 is 7.14. The van der Waals surface area contributed by atoms with E-state index in [2.05, 4.69) is 198 Å². The molecule has 0 bridgehead atoms. The Kier molecular flexibility index (Phi) is 7.95. The second-order valence-corrected chi connectivity index (χ2v) is 17.0. The highest BCUT2D eigenvalue weighted by molar-refractivity contribution is 7.99. The molecule has 2 aliphatic heterocycles. The highest BCUT2D eigenvalue weighted by Gasteiger charge is 2.53. The Morgan fingerprint density at radius 1 is 0.508 bits per heavy atom. The Morgan fingerprint density at radius 3 is 2.06 bits per heavy atom. The number of anilines is 6. The number of para-hydroxylation sites is 5. The van der Waals surface area contributed by atoms with Crippen molar-refractivity contribution in [3.05, 3.63) is 235 Å².